The van der Waals surface area contributed by atoms with E-state index >= 15 is 0 Å². The van der Waals surface area contributed by atoms with Crippen LogP contribution in [0.5, 0.6) is 0 Å². The van der Waals surface area contributed by atoms with Crippen molar-refractivity contribution in [3.05, 3.63) is 35.3 Å². The Morgan fingerprint density at radius 3 is 2.79 bits per heavy atom. The van der Waals surface area contributed by atoms with Gasteiger partial charge in [-0.05, 0) is 0 Å². The summed E-state index contributed by atoms with van der Waals surface area (Å²) in [5.74, 6) is -0.493. The van der Waals surface area contributed by atoms with Crippen LogP contribution in [0.2, 0.25) is 0 Å². The van der Waals surface area contributed by atoms with E-state index in [0.29, 0.717) is 5.01 Å². The summed E-state index contributed by atoms with van der Waals surface area (Å²) in [6.45, 7) is 1.85. The lowest BCUT2D eigenvalue weighted by atomic mass is 10.2. The van der Waals surface area contributed by atoms with Crippen molar-refractivity contribution in [2.75, 3.05) is 6.54 Å². The van der Waals surface area contributed by atoms with Crippen LogP contribution >= 0.6 is 11.3 Å². The van der Waals surface area contributed by atoms with Crippen LogP contribution in [0.15, 0.2) is 30.3 Å². The molecule has 1 aromatic carbocycles. The van der Waals surface area contributed by atoms with Gasteiger partial charge in [0, 0.05) is 25.5 Å². The molecule has 2 atom stereocenters. The molecule has 0 radical (unpaired) electrons. The molecule has 0 spiro atoms. The van der Waals surface area contributed by atoms with Gasteiger partial charge < -0.3 is 15.3 Å². The number of hydrogen-bond donors (Lipinski definition) is 2. The number of hydrogen-bond acceptors (Lipinski definition) is 6. The number of rotatable bonds is 4. The van der Waals surface area contributed by atoms with Gasteiger partial charge in [0.15, 0.2) is 0 Å². The van der Waals surface area contributed by atoms with Crippen LogP contribution in [0, 0.1) is 0 Å². The molecule has 1 aliphatic heterocycles. The first-order valence-corrected chi connectivity index (χ1v) is 8.47. The Balaban J connectivity index is 1.61. The molecule has 8 heteroatoms. The van der Waals surface area contributed by atoms with Crippen LogP contribution in [0.25, 0.3) is 10.6 Å². The third kappa shape index (κ3) is 3.60. The fraction of sp³-hybridized carbons (Fsp3) is 0.375. The van der Waals surface area contributed by atoms with E-state index in [-0.39, 0.29) is 31.3 Å². The second-order valence-electron chi connectivity index (χ2n) is 5.66. The number of nitrogens with zero attached hydrogens (tertiary/aromatic N) is 3. The van der Waals surface area contributed by atoms with E-state index in [0.717, 1.165) is 10.6 Å². The fourth-order valence-electron chi connectivity index (χ4n) is 2.71. The Morgan fingerprint density at radius 1 is 1.33 bits per heavy atom. The topological polar surface area (TPSA) is 95.4 Å². The minimum atomic E-state index is -0.657. The number of amides is 2. The summed E-state index contributed by atoms with van der Waals surface area (Å²) in [5.41, 5.74) is 0.981. The van der Waals surface area contributed by atoms with Crippen molar-refractivity contribution >= 4 is 23.2 Å². The predicted molar refractivity (Wildman–Crippen MR) is 89.0 cm³/mol. The van der Waals surface area contributed by atoms with Gasteiger partial charge >= 0.3 is 0 Å². The Morgan fingerprint density at radius 2 is 2.08 bits per heavy atom. The van der Waals surface area contributed by atoms with E-state index in [1.54, 1.807) is 0 Å². The maximum atomic E-state index is 12.3. The smallest absolute Gasteiger partial charge is 0.243 e. The summed E-state index contributed by atoms with van der Waals surface area (Å²) in [5, 5.41) is 22.2. The highest BCUT2D eigenvalue weighted by molar-refractivity contribution is 7.14. The molecular formula is C16H18N4O3S. The molecule has 2 heterocycles. The number of carbonyl (C=O) groups is 2. The van der Waals surface area contributed by atoms with Gasteiger partial charge in [-0.15, -0.1) is 10.2 Å². The molecule has 126 valence electrons. The minimum Gasteiger partial charge on any atom is -0.391 e. The summed E-state index contributed by atoms with van der Waals surface area (Å²) < 4.78 is 0. The first-order chi connectivity index (χ1) is 11.5. The Kier molecular flexibility index (Phi) is 4.86. The molecule has 1 saturated heterocycles. The standard InChI is InChI=1S/C16H18N4O3S/c1-10(21)20-9-12(22)7-13(20)15(23)17-8-14-18-19-16(24-14)11-5-3-2-4-6-11/h2-6,12-13,22H,7-9H2,1H3,(H,17,23)/t12-,13-/m1/s1. The van der Waals surface area contributed by atoms with E-state index in [4.69, 9.17) is 0 Å². The number of aromatic nitrogens is 2. The second kappa shape index (κ2) is 7.06. The molecule has 7 nitrogen and oxygen atoms in total. The molecular weight excluding hydrogens is 328 g/mol. The molecule has 24 heavy (non-hydrogen) atoms. The number of benzene rings is 1. The zero-order chi connectivity index (χ0) is 17.1. The molecule has 0 bridgehead atoms. The first kappa shape index (κ1) is 16.5. The number of nitrogens with one attached hydrogen (secondary N) is 1. The van der Waals surface area contributed by atoms with Crippen LogP contribution in [0.4, 0.5) is 0 Å². The molecule has 2 N–H and O–H groups in total. The summed E-state index contributed by atoms with van der Waals surface area (Å²) in [4.78, 5) is 25.2. The summed E-state index contributed by atoms with van der Waals surface area (Å²) in [6, 6.07) is 9.07. The van der Waals surface area contributed by atoms with Crippen molar-refractivity contribution in [2.45, 2.75) is 32.0 Å². The van der Waals surface area contributed by atoms with E-state index < -0.39 is 12.1 Å². The van der Waals surface area contributed by atoms with Gasteiger partial charge in [0.2, 0.25) is 11.8 Å². The lowest BCUT2D eigenvalue weighted by molar-refractivity contribution is -0.137. The van der Waals surface area contributed by atoms with Crippen LogP contribution in [0.1, 0.15) is 18.4 Å². The highest BCUT2D eigenvalue weighted by Gasteiger charge is 2.37. The monoisotopic (exact) mass is 346 g/mol. The molecule has 0 aliphatic carbocycles. The zero-order valence-electron chi connectivity index (χ0n) is 13.2. The van der Waals surface area contributed by atoms with E-state index in [1.807, 2.05) is 30.3 Å². The van der Waals surface area contributed by atoms with Gasteiger partial charge in [0.25, 0.3) is 0 Å². The van der Waals surface area contributed by atoms with E-state index in [1.165, 1.54) is 23.2 Å². The van der Waals surface area contributed by atoms with E-state index in [2.05, 4.69) is 15.5 Å². The number of carbonyl (C=O) groups excluding carboxylic acids is 2. The molecule has 1 aliphatic rings. The zero-order valence-corrected chi connectivity index (χ0v) is 14.0. The van der Waals surface area contributed by atoms with Crippen molar-refractivity contribution in [3.63, 3.8) is 0 Å². The number of aliphatic hydroxyl groups is 1. The molecule has 0 saturated carbocycles. The van der Waals surface area contributed by atoms with Crippen molar-refractivity contribution in [1.82, 2.24) is 20.4 Å². The number of aliphatic hydroxyl groups excluding tert-OH is 1. The van der Waals surface area contributed by atoms with Gasteiger partial charge in [-0.1, -0.05) is 41.7 Å². The number of β-amino-alcohol motifs (C(OH)–C–C–N with tert-alkyl or cyclic N) is 1. The quantitative estimate of drug-likeness (QED) is 0.854. The summed E-state index contributed by atoms with van der Waals surface area (Å²) in [6.07, 6.45) is -0.396. The maximum Gasteiger partial charge on any atom is 0.243 e. The van der Waals surface area contributed by atoms with Crippen LogP contribution in [0.3, 0.4) is 0 Å². The largest absolute Gasteiger partial charge is 0.391 e. The van der Waals surface area contributed by atoms with Crippen LogP contribution in [-0.2, 0) is 16.1 Å². The molecule has 3 rings (SSSR count). The lowest BCUT2D eigenvalue weighted by Gasteiger charge is -2.21. The van der Waals surface area contributed by atoms with E-state index in [9.17, 15) is 14.7 Å². The van der Waals surface area contributed by atoms with Gasteiger partial charge in [-0.3, -0.25) is 9.59 Å². The SMILES string of the molecule is CC(=O)N1C[C@H](O)C[C@@H]1C(=O)NCc1nnc(-c2ccccc2)s1. The number of likely N-dealkylation sites (tertiary alicyclic amines) is 1. The summed E-state index contributed by atoms with van der Waals surface area (Å²) in [7, 11) is 0. The van der Waals surface area contributed by atoms with Crippen molar-refractivity contribution in [2.24, 2.45) is 0 Å². The van der Waals surface area contributed by atoms with Crippen molar-refractivity contribution < 1.29 is 14.7 Å². The van der Waals surface area contributed by atoms with Gasteiger partial charge in [-0.25, -0.2) is 0 Å². The first-order valence-electron chi connectivity index (χ1n) is 7.65. The molecule has 1 fully saturated rings. The lowest BCUT2D eigenvalue weighted by Crippen LogP contribution is -2.44. The second-order valence-corrected chi connectivity index (χ2v) is 6.72. The molecule has 2 aromatic rings. The third-order valence-electron chi connectivity index (χ3n) is 3.89. The van der Waals surface area contributed by atoms with Crippen LogP contribution in [-0.4, -0.2) is 50.7 Å². The Labute approximate surface area is 143 Å². The average molecular weight is 346 g/mol. The van der Waals surface area contributed by atoms with Gasteiger partial charge in [-0.2, -0.15) is 0 Å². The van der Waals surface area contributed by atoms with Crippen LogP contribution < -0.4 is 5.32 Å². The maximum absolute atomic E-state index is 12.3. The summed E-state index contributed by atoms with van der Waals surface area (Å²) >= 11 is 1.41. The Bertz CT molecular complexity index is 734. The highest BCUT2D eigenvalue weighted by atomic mass is 32.1. The molecule has 1 aromatic heterocycles. The third-order valence-corrected chi connectivity index (χ3v) is 4.86. The Hall–Kier alpha value is -2.32. The average Bonchev–Trinajstić information content (AvgIpc) is 3.20. The minimum absolute atomic E-state index is 0.199. The fourth-order valence-corrected chi connectivity index (χ4v) is 3.50. The molecule has 0 unspecified atom stereocenters. The van der Waals surface area contributed by atoms with Crippen molar-refractivity contribution in [1.29, 1.82) is 0 Å². The normalized spacial score (nSPS) is 20.2. The van der Waals surface area contributed by atoms with Gasteiger partial charge in [0.05, 0.1) is 12.6 Å². The van der Waals surface area contributed by atoms with Crippen molar-refractivity contribution in [3.8, 4) is 10.6 Å². The highest BCUT2D eigenvalue weighted by Crippen LogP contribution is 2.23. The predicted octanol–water partition coefficient (Wildman–Crippen LogP) is 0.803. The molecule has 2 amide bonds. The van der Waals surface area contributed by atoms with Gasteiger partial charge in [0.1, 0.15) is 16.1 Å².